The molecule has 38 heavy (non-hydrogen) atoms. The molecule has 0 aliphatic carbocycles. The number of carbonyl (C=O) groups excluding carboxylic acids is 2. The molecule has 3 aromatic rings. The van der Waals surface area contributed by atoms with E-state index in [1.165, 1.54) is 35.2 Å². The van der Waals surface area contributed by atoms with Gasteiger partial charge in [-0.05, 0) is 80.9 Å². The summed E-state index contributed by atoms with van der Waals surface area (Å²) in [7, 11) is -4.20. The Morgan fingerprint density at radius 1 is 0.921 bits per heavy atom. The van der Waals surface area contributed by atoms with Gasteiger partial charge in [0.05, 0.1) is 10.6 Å². The zero-order chi connectivity index (χ0) is 28.0. The topological polar surface area (TPSA) is 86.8 Å². The van der Waals surface area contributed by atoms with Crippen LogP contribution in [-0.2, 0) is 26.2 Å². The third-order valence-corrected chi connectivity index (χ3v) is 8.39. The third-order valence-electron chi connectivity index (χ3n) is 5.62. The van der Waals surface area contributed by atoms with Crippen molar-refractivity contribution in [2.45, 2.75) is 44.3 Å². The number of amides is 2. The highest BCUT2D eigenvalue weighted by Gasteiger charge is 2.32. The van der Waals surface area contributed by atoms with Gasteiger partial charge in [-0.2, -0.15) is 0 Å². The molecule has 0 aliphatic heterocycles. The molecule has 0 unspecified atom stereocenters. The lowest BCUT2D eigenvalue weighted by molar-refractivity contribution is -0.139. The zero-order valence-electron chi connectivity index (χ0n) is 21.1. The first-order valence-corrected chi connectivity index (χ1v) is 14.8. The van der Waals surface area contributed by atoms with E-state index in [4.69, 9.17) is 23.2 Å². The second kappa shape index (κ2) is 13.0. The van der Waals surface area contributed by atoms with Crippen molar-refractivity contribution in [2.24, 2.45) is 0 Å². The van der Waals surface area contributed by atoms with E-state index >= 15 is 0 Å². The third kappa shape index (κ3) is 7.72. The van der Waals surface area contributed by atoms with Crippen LogP contribution in [0.1, 0.15) is 26.3 Å². The molecule has 0 bridgehead atoms. The van der Waals surface area contributed by atoms with Gasteiger partial charge >= 0.3 is 0 Å². The molecular formula is C27H28BrCl2N3O4S. The van der Waals surface area contributed by atoms with Crippen LogP contribution in [0.4, 0.5) is 5.69 Å². The second-order valence-corrected chi connectivity index (χ2v) is 12.6. The molecule has 3 rings (SSSR count). The van der Waals surface area contributed by atoms with E-state index in [-0.39, 0.29) is 29.1 Å². The van der Waals surface area contributed by atoms with Gasteiger partial charge in [-0.25, -0.2) is 8.42 Å². The van der Waals surface area contributed by atoms with E-state index in [2.05, 4.69) is 21.2 Å². The number of carbonyl (C=O) groups is 2. The molecule has 0 aromatic heterocycles. The van der Waals surface area contributed by atoms with E-state index in [0.29, 0.717) is 10.0 Å². The largest absolute Gasteiger partial charge is 0.352 e. The lowest BCUT2D eigenvalue weighted by atomic mass is 10.1. The molecule has 0 radical (unpaired) electrons. The first-order valence-electron chi connectivity index (χ1n) is 11.8. The summed E-state index contributed by atoms with van der Waals surface area (Å²) in [6.45, 7) is 4.80. The van der Waals surface area contributed by atoms with Crippen molar-refractivity contribution >= 4 is 66.7 Å². The van der Waals surface area contributed by atoms with E-state index in [9.17, 15) is 18.0 Å². The van der Waals surface area contributed by atoms with Crippen LogP contribution in [0.15, 0.2) is 82.2 Å². The average molecular weight is 641 g/mol. The van der Waals surface area contributed by atoms with Crippen molar-refractivity contribution in [1.29, 1.82) is 0 Å². The van der Waals surface area contributed by atoms with Crippen molar-refractivity contribution in [2.75, 3.05) is 10.8 Å². The number of nitrogens with zero attached hydrogens (tertiary/aromatic N) is 2. The van der Waals surface area contributed by atoms with Crippen molar-refractivity contribution in [3.8, 4) is 0 Å². The monoisotopic (exact) mass is 639 g/mol. The molecule has 0 saturated carbocycles. The predicted molar refractivity (Wildman–Crippen MR) is 155 cm³/mol. The van der Waals surface area contributed by atoms with Crippen LogP contribution in [0.2, 0.25) is 10.0 Å². The average Bonchev–Trinajstić information content (AvgIpc) is 2.85. The minimum atomic E-state index is -4.20. The van der Waals surface area contributed by atoms with Crippen LogP contribution in [0, 0.1) is 0 Å². The van der Waals surface area contributed by atoms with Gasteiger partial charge in [0.2, 0.25) is 11.8 Å². The number of rotatable bonds is 10. The zero-order valence-corrected chi connectivity index (χ0v) is 25.0. The first kappa shape index (κ1) is 30.0. The fourth-order valence-electron chi connectivity index (χ4n) is 3.71. The Labute approximate surface area is 241 Å². The number of sulfonamides is 1. The van der Waals surface area contributed by atoms with Gasteiger partial charge in [-0.1, -0.05) is 57.3 Å². The normalized spacial score (nSPS) is 12.2. The first-order chi connectivity index (χ1) is 17.9. The van der Waals surface area contributed by atoms with Gasteiger partial charge in [0, 0.05) is 27.1 Å². The standard InChI is InChI=1S/C27H28BrCl2N3O4S/c1-18(2)31-27(35)19(3)32(16-20-6-4-7-21(28)14-20)26(34)17-33(24-9-5-8-23(30)15-24)38(36,37)25-12-10-22(29)11-13-25/h4-15,18-19H,16-17H2,1-3H3,(H,31,35)/t19-/m0/s1. The van der Waals surface area contributed by atoms with E-state index < -0.39 is 28.5 Å². The molecule has 1 atom stereocenters. The molecular weight excluding hydrogens is 613 g/mol. The fourth-order valence-corrected chi connectivity index (χ4v) is 5.88. The number of hydrogen-bond acceptors (Lipinski definition) is 4. The Hall–Kier alpha value is -2.59. The molecule has 0 fully saturated rings. The summed E-state index contributed by atoms with van der Waals surface area (Å²) in [4.78, 5) is 28.1. The Kier molecular flexibility index (Phi) is 10.2. The van der Waals surface area contributed by atoms with Gasteiger partial charge in [0.1, 0.15) is 12.6 Å². The number of anilines is 1. The lowest BCUT2D eigenvalue weighted by Gasteiger charge is -2.32. The van der Waals surface area contributed by atoms with Crippen molar-refractivity contribution in [3.63, 3.8) is 0 Å². The summed E-state index contributed by atoms with van der Waals surface area (Å²) < 4.78 is 29.3. The maximum Gasteiger partial charge on any atom is 0.264 e. The fraction of sp³-hybridized carbons (Fsp3) is 0.259. The van der Waals surface area contributed by atoms with Gasteiger partial charge in [0.25, 0.3) is 10.0 Å². The van der Waals surface area contributed by atoms with Crippen LogP contribution in [0.25, 0.3) is 0 Å². The van der Waals surface area contributed by atoms with Crippen molar-refractivity contribution in [1.82, 2.24) is 10.2 Å². The highest BCUT2D eigenvalue weighted by Crippen LogP contribution is 2.27. The smallest absolute Gasteiger partial charge is 0.264 e. The minimum Gasteiger partial charge on any atom is -0.352 e. The highest BCUT2D eigenvalue weighted by atomic mass is 79.9. The van der Waals surface area contributed by atoms with Crippen LogP contribution < -0.4 is 9.62 Å². The summed E-state index contributed by atoms with van der Waals surface area (Å²) in [6, 6.07) is 18.2. The molecule has 2 amide bonds. The quantitative estimate of drug-likeness (QED) is 0.299. The van der Waals surface area contributed by atoms with Crippen LogP contribution in [0.5, 0.6) is 0 Å². The summed E-state index contributed by atoms with van der Waals surface area (Å²) >= 11 is 15.6. The Morgan fingerprint density at radius 3 is 2.18 bits per heavy atom. The molecule has 3 aromatic carbocycles. The van der Waals surface area contributed by atoms with Crippen molar-refractivity contribution in [3.05, 3.63) is 92.9 Å². The molecule has 0 spiro atoms. The van der Waals surface area contributed by atoms with Crippen LogP contribution in [0.3, 0.4) is 0 Å². The number of halogens is 3. The number of hydrogen-bond donors (Lipinski definition) is 1. The Balaban J connectivity index is 2.03. The molecule has 0 saturated heterocycles. The maximum atomic E-state index is 13.8. The molecule has 0 aliphatic rings. The SMILES string of the molecule is CC(C)NC(=O)[C@H](C)N(Cc1cccc(Br)c1)C(=O)CN(c1cccc(Cl)c1)S(=O)(=O)c1ccc(Cl)cc1. The molecule has 202 valence electrons. The molecule has 11 heteroatoms. The van der Waals surface area contributed by atoms with Gasteiger partial charge in [-0.3, -0.25) is 13.9 Å². The van der Waals surface area contributed by atoms with Gasteiger partial charge in [0.15, 0.2) is 0 Å². The molecule has 1 N–H and O–H groups in total. The molecule has 0 heterocycles. The highest BCUT2D eigenvalue weighted by molar-refractivity contribution is 9.10. The minimum absolute atomic E-state index is 0.0428. The second-order valence-electron chi connectivity index (χ2n) is 8.94. The van der Waals surface area contributed by atoms with Gasteiger partial charge in [-0.15, -0.1) is 0 Å². The van der Waals surface area contributed by atoms with E-state index in [0.717, 1.165) is 14.3 Å². The van der Waals surface area contributed by atoms with Crippen LogP contribution >= 0.6 is 39.1 Å². The maximum absolute atomic E-state index is 13.8. The lowest BCUT2D eigenvalue weighted by Crippen LogP contribution is -2.52. The summed E-state index contributed by atoms with van der Waals surface area (Å²) in [5.74, 6) is -0.910. The van der Waals surface area contributed by atoms with E-state index in [1.54, 1.807) is 25.1 Å². The molecule has 7 nitrogen and oxygen atoms in total. The number of nitrogens with one attached hydrogen (secondary N) is 1. The number of benzene rings is 3. The Morgan fingerprint density at radius 2 is 1.58 bits per heavy atom. The van der Waals surface area contributed by atoms with E-state index in [1.807, 2.05) is 38.1 Å². The van der Waals surface area contributed by atoms with Gasteiger partial charge < -0.3 is 10.2 Å². The predicted octanol–water partition coefficient (Wildman–Crippen LogP) is 5.89. The van der Waals surface area contributed by atoms with Crippen LogP contribution in [-0.4, -0.2) is 43.8 Å². The summed E-state index contributed by atoms with van der Waals surface area (Å²) in [5.41, 5.74) is 0.981. The summed E-state index contributed by atoms with van der Waals surface area (Å²) in [6.07, 6.45) is 0. The Bertz CT molecular complexity index is 1400. The van der Waals surface area contributed by atoms with Crippen molar-refractivity contribution < 1.29 is 18.0 Å². The summed E-state index contributed by atoms with van der Waals surface area (Å²) in [5, 5.41) is 3.51.